The fourth-order valence-electron chi connectivity index (χ4n) is 4.37. The molecule has 0 fully saturated rings. The van der Waals surface area contributed by atoms with Crippen molar-refractivity contribution in [3.63, 3.8) is 0 Å². The third-order valence-corrected chi connectivity index (χ3v) is 6.13. The first-order valence-electron chi connectivity index (χ1n) is 11.2. The van der Waals surface area contributed by atoms with Crippen LogP contribution in [0, 0.1) is 11.2 Å². The van der Waals surface area contributed by atoms with Gasteiger partial charge in [0.05, 0.1) is 29.2 Å². The molecule has 0 bridgehead atoms. The molecule has 0 aliphatic carbocycles. The van der Waals surface area contributed by atoms with Gasteiger partial charge < -0.3 is 5.32 Å². The van der Waals surface area contributed by atoms with Gasteiger partial charge in [0.25, 0.3) is 0 Å². The van der Waals surface area contributed by atoms with Gasteiger partial charge in [-0.15, -0.1) is 0 Å². The largest absolute Gasteiger partial charge is 0.390 e. The van der Waals surface area contributed by atoms with Gasteiger partial charge in [0.1, 0.15) is 5.82 Å². The molecular formula is C27H25F4N3O. The minimum atomic E-state index is -4.34. The lowest BCUT2D eigenvalue weighted by atomic mass is 9.70. The predicted molar refractivity (Wildman–Crippen MR) is 127 cm³/mol. The smallest absolute Gasteiger partial charge is 0.355 e. The van der Waals surface area contributed by atoms with Gasteiger partial charge in [-0.25, -0.2) is 9.07 Å². The van der Waals surface area contributed by atoms with Gasteiger partial charge >= 0.3 is 6.18 Å². The Morgan fingerprint density at radius 2 is 1.66 bits per heavy atom. The molecule has 0 aliphatic rings. The molecule has 8 heteroatoms. The monoisotopic (exact) mass is 483 g/mol. The third kappa shape index (κ3) is 5.37. The maximum absolute atomic E-state index is 13.3. The average Bonchev–Trinajstić information content (AvgIpc) is 3.23. The van der Waals surface area contributed by atoms with Gasteiger partial charge in [-0.1, -0.05) is 50.2 Å². The van der Waals surface area contributed by atoms with Crippen molar-refractivity contribution in [3.8, 4) is 5.69 Å². The average molecular weight is 484 g/mol. The highest BCUT2D eigenvalue weighted by atomic mass is 19.4. The van der Waals surface area contributed by atoms with E-state index in [9.17, 15) is 22.4 Å². The minimum absolute atomic E-state index is 0.339. The number of fused-ring (bicyclic) bond motifs is 1. The second-order valence-corrected chi connectivity index (χ2v) is 9.04. The second-order valence-electron chi connectivity index (χ2n) is 9.04. The Kier molecular flexibility index (Phi) is 6.65. The first kappa shape index (κ1) is 24.4. The van der Waals surface area contributed by atoms with Crippen LogP contribution in [-0.2, 0) is 4.79 Å². The Balaban J connectivity index is 1.71. The van der Waals surface area contributed by atoms with Crippen molar-refractivity contribution in [2.75, 3.05) is 6.54 Å². The van der Waals surface area contributed by atoms with Crippen molar-refractivity contribution in [1.82, 2.24) is 15.1 Å². The lowest BCUT2D eigenvalue weighted by Gasteiger charge is -2.34. The summed E-state index contributed by atoms with van der Waals surface area (Å²) in [5.41, 5.74) is 2.16. The summed E-state index contributed by atoms with van der Waals surface area (Å²) >= 11 is 0. The second kappa shape index (κ2) is 9.52. The zero-order valence-corrected chi connectivity index (χ0v) is 19.3. The Morgan fingerprint density at radius 3 is 2.31 bits per heavy atom. The minimum Gasteiger partial charge on any atom is -0.355 e. The normalized spacial score (nSPS) is 13.1. The van der Waals surface area contributed by atoms with Crippen molar-refractivity contribution < 1.29 is 22.4 Å². The standard InChI is InChI=1S/C27H25F4N3O/c1-26(2,25(35)32-15-14-27(29,30)31)24(18-6-4-3-5-7-18)19-8-13-23-20(16-19)17-33-34(23)22-11-9-21(28)10-12-22/h3-13,16-17,24H,14-15H2,1-2H3,(H,32,35). The van der Waals surface area contributed by atoms with Crippen LogP contribution < -0.4 is 5.32 Å². The predicted octanol–water partition coefficient (Wildman–Crippen LogP) is 6.39. The summed E-state index contributed by atoms with van der Waals surface area (Å²) in [6, 6.07) is 21.1. The number of aromatic nitrogens is 2. The molecule has 0 radical (unpaired) electrons. The molecule has 1 N–H and O–H groups in total. The number of nitrogens with zero attached hydrogens (tertiary/aromatic N) is 2. The molecular weight excluding hydrogens is 458 g/mol. The Morgan fingerprint density at radius 1 is 0.971 bits per heavy atom. The molecule has 1 unspecified atom stereocenters. The maximum Gasteiger partial charge on any atom is 0.390 e. The summed E-state index contributed by atoms with van der Waals surface area (Å²) in [5.74, 6) is -1.22. The molecule has 4 rings (SSSR count). The van der Waals surface area contributed by atoms with Crippen molar-refractivity contribution in [3.05, 3.63) is 95.9 Å². The molecule has 182 valence electrons. The molecule has 0 spiro atoms. The summed E-state index contributed by atoms with van der Waals surface area (Å²) < 4.78 is 52.9. The molecule has 4 aromatic rings. The molecule has 1 atom stereocenters. The molecule has 1 heterocycles. The summed E-state index contributed by atoms with van der Waals surface area (Å²) in [5, 5.41) is 7.72. The van der Waals surface area contributed by atoms with Crippen LogP contribution in [0.25, 0.3) is 16.6 Å². The molecule has 35 heavy (non-hydrogen) atoms. The van der Waals surface area contributed by atoms with Crippen molar-refractivity contribution in [1.29, 1.82) is 0 Å². The van der Waals surface area contributed by atoms with Crippen LogP contribution in [0.15, 0.2) is 79.0 Å². The molecule has 0 saturated heterocycles. The molecule has 4 nitrogen and oxygen atoms in total. The number of carbonyl (C=O) groups excluding carboxylic acids is 1. The van der Waals surface area contributed by atoms with E-state index < -0.39 is 36.4 Å². The van der Waals surface area contributed by atoms with Gasteiger partial charge in [-0.2, -0.15) is 18.3 Å². The number of hydrogen-bond acceptors (Lipinski definition) is 2. The Bertz CT molecular complexity index is 1310. The van der Waals surface area contributed by atoms with Crippen LogP contribution in [0.2, 0.25) is 0 Å². The summed E-state index contributed by atoms with van der Waals surface area (Å²) in [4.78, 5) is 13.1. The van der Waals surface area contributed by atoms with E-state index in [4.69, 9.17) is 0 Å². The van der Waals surface area contributed by atoms with E-state index in [0.717, 1.165) is 22.0 Å². The van der Waals surface area contributed by atoms with Crippen molar-refractivity contribution >= 4 is 16.8 Å². The Hall–Kier alpha value is -3.68. The van der Waals surface area contributed by atoms with E-state index in [1.165, 1.54) is 12.1 Å². The fraction of sp³-hybridized carbons (Fsp3) is 0.259. The molecule has 3 aromatic carbocycles. The Labute approximate surface area is 200 Å². The lowest BCUT2D eigenvalue weighted by molar-refractivity contribution is -0.138. The highest BCUT2D eigenvalue weighted by Crippen LogP contribution is 2.42. The third-order valence-electron chi connectivity index (χ3n) is 6.13. The van der Waals surface area contributed by atoms with E-state index in [0.29, 0.717) is 5.69 Å². The maximum atomic E-state index is 13.3. The van der Waals surface area contributed by atoms with Gasteiger partial charge in [-0.05, 0) is 47.5 Å². The number of rotatable bonds is 7. The van der Waals surface area contributed by atoms with Crippen LogP contribution in [0.5, 0.6) is 0 Å². The first-order valence-corrected chi connectivity index (χ1v) is 11.2. The SMILES string of the molecule is CC(C)(C(=O)NCCC(F)(F)F)C(c1ccccc1)c1ccc2c(cnn2-c2ccc(F)cc2)c1. The molecule has 1 aromatic heterocycles. The first-order chi connectivity index (χ1) is 16.6. The van der Waals surface area contributed by atoms with Crippen LogP contribution in [0.1, 0.15) is 37.3 Å². The number of amides is 1. The number of carbonyl (C=O) groups is 1. The van der Waals surface area contributed by atoms with Gasteiger partial charge in [0.15, 0.2) is 0 Å². The quantitative estimate of drug-likeness (QED) is 0.310. The van der Waals surface area contributed by atoms with E-state index in [1.54, 1.807) is 36.9 Å². The number of halogens is 4. The number of alkyl halides is 3. The van der Waals surface area contributed by atoms with E-state index in [1.807, 2.05) is 48.5 Å². The zero-order chi connectivity index (χ0) is 25.2. The topological polar surface area (TPSA) is 46.9 Å². The number of hydrogen-bond donors (Lipinski definition) is 1. The van der Waals surface area contributed by atoms with Crippen LogP contribution in [0.3, 0.4) is 0 Å². The highest BCUT2D eigenvalue weighted by Gasteiger charge is 2.39. The summed E-state index contributed by atoms with van der Waals surface area (Å²) in [6.07, 6.45) is -3.73. The van der Waals surface area contributed by atoms with Crippen LogP contribution >= 0.6 is 0 Å². The van der Waals surface area contributed by atoms with Gasteiger partial charge in [0.2, 0.25) is 5.91 Å². The molecule has 0 aliphatic heterocycles. The fourth-order valence-corrected chi connectivity index (χ4v) is 4.37. The lowest BCUT2D eigenvalue weighted by Crippen LogP contribution is -2.42. The number of nitrogens with one attached hydrogen (secondary N) is 1. The van der Waals surface area contributed by atoms with E-state index >= 15 is 0 Å². The van der Waals surface area contributed by atoms with E-state index in [2.05, 4.69) is 10.4 Å². The summed E-state index contributed by atoms with van der Waals surface area (Å²) in [7, 11) is 0. The highest BCUT2D eigenvalue weighted by molar-refractivity contribution is 5.85. The van der Waals surface area contributed by atoms with Crippen LogP contribution in [-0.4, -0.2) is 28.4 Å². The van der Waals surface area contributed by atoms with E-state index in [-0.39, 0.29) is 5.82 Å². The van der Waals surface area contributed by atoms with Gasteiger partial charge in [0, 0.05) is 17.8 Å². The van der Waals surface area contributed by atoms with Gasteiger partial charge in [-0.3, -0.25) is 4.79 Å². The van der Waals surface area contributed by atoms with Crippen LogP contribution in [0.4, 0.5) is 17.6 Å². The number of benzene rings is 3. The summed E-state index contributed by atoms with van der Waals surface area (Å²) in [6.45, 7) is 3.00. The molecule has 1 amide bonds. The molecule has 0 saturated carbocycles. The zero-order valence-electron chi connectivity index (χ0n) is 19.3. The van der Waals surface area contributed by atoms with Crippen molar-refractivity contribution in [2.45, 2.75) is 32.4 Å². The van der Waals surface area contributed by atoms with Crippen molar-refractivity contribution in [2.24, 2.45) is 5.41 Å².